The predicted octanol–water partition coefficient (Wildman–Crippen LogP) is 1.70. The lowest BCUT2D eigenvalue weighted by molar-refractivity contribution is -0.0507. The molecule has 2 N–H and O–H groups in total. The summed E-state index contributed by atoms with van der Waals surface area (Å²) in [5.41, 5.74) is -1.45. The maximum atomic E-state index is 9.80. The Morgan fingerprint density at radius 3 is 1.45 bits per heavy atom. The van der Waals surface area contributed by atoms with Crippen molar-refractivity contribution in [1.29, 1.82) is 0 Å². The largest absolute Gasteiger partial charge is 0.390 e. The van der Waals surface area contributed by atoms with Gasteiger partial charge in [-0.15, -0.1) is 0 Å². The Bertz CT molecular complexity index is 109. The van der Waals surface area contributed by atoms with Crippen molar-refractivity contribution in [3.8, 4) is 0 Å². The molecule has 0 saturated carbocycles. The first-order valence-electron chi connectivity index (χ1n) is 4.28. The van der Waals surface area contributed by atoms with E-state index >= 15 is 0 Å². The standard InChI is InChI=1S/C9H20O2/c1-5-9(11,6-2)7-8(3,4)10/h10-11H,5-7H2,1-4H3. The van der Waals surface area contributed by atoms with Gasteiger partial charge in [0.1, 0.15) is 0 Å². The molecule has 0 bridgehead atoms. The van der Waals surface area contributed by atoms with E-state index in [4.69, 9.17) is 0 Å². The van der Waals surface area contributed by atoms with Gasteiger partial charge in [-0.05, 0) is 26.7 Å². The van der Waals surface area contributed by atoms with Gasteiger partial charge < -0.3 is 10.2 Å². The van der Waals surface area contributed by atoms with Crippen LogP contribution >= 0.6 is 0 Å². The normalized spacial score (nSPS) is 13.6. The van der Waals surface area contributed by atoms with Crippen LogP contribution in [-0.4, -0.2) is 21.4 Å². The lowest BCUT2D eigenvalue weighted by Crippen LogP contribution is -2.36. The lowest BCUT2D eigenvalue weighted by Gasteiger charge is -2.31. The molecule has 0 aromatic carbocycles. The number of aliphatic hydroxyl groups is 2. The summed E-state index contributed by atoms with van der Waals surface area (Å²) in [5, 5.41) is 19.3. The van der Waals surface area contributed by atoms with Crippen LogP contribution in [0.25, 0.3) is 0 Å². The van der Waals surface area contributed by atoms with Crippen LogP contribution in [0.3, 0.4) is 0 Å². The molecular weight excluding hydrogens is 140 g/mol. The maximum Gasteiger partial charge on any atom is 0.0669 e. The average molecular weight is 160 g/mol. The summed E-state index contributed by atoms with van der Waals surface area (Å²) in [6, 6.07) is 0. The third-order valence-electron chi connectivity index (χ3n) is 2.08. The lowest BCUT2D eigenvalue weighted by atomic mass is 9.85. The summed E-state index contributed by atoms with van der Waals surface area (Å²) in [7, 11) is 0. The Hall–Kier alpha value is -0.0800. The topological polar surface area (TPSA) is 40.5 Å². The molecule has 0 aromatic heterocycles. The van der Waals surface area contributed by atoms with Crippen molar-refractivity contribution >= 4 is 0 Å². The fraction of sp³-hybridized carbons (Fsp3) is 1.00. The van der Waals surface area contributed by atoms with Crippen LogP contribution in [0, 0.1) is 0 Å². The van der Waals surface area contributed by atoms with Crippen molar-refractivity contribution in [2.45, 2.75) is 58.2 Å². The Kier molecular flexibility index (Phi) is 3.52. The quantitative estimate of drug-likeness (QED) is 0.657. The van der Waals surface area contributed by atoms with Crippen LogP contribution in [0.15, 0.2) is 0 Å². The molecule has 0 fully saturated rings. The minimum absolute atomic E-state index is 0.451. The van der Waals surface area contributed by atoms with E-state index in [1.807, 2.05) is 13.8 Å². The van der Waals surface area contributed by atoms with Crippen molar-refractivity contribution in [1.82, 2.24) is 0 Å². The van der Waals surface area contributed by atoms with Crippen molar-refractivity contribution in [2.75, 3.05) is 0 Å². The predicted molar refractivity (Wildman–Crippen MR) is 46.4 cm³/mol. The molecule has 2 nitrogen and oxygen atoms in total. The summed E-state index contributed by atoms with van der Waals surface area (Å²) in [4.78, 5) is 0. The second-order valence-electron chi connectivity index (χ2n) is 3.92. The zero-order valence-electron chi connectivity index (χ0n) is 8.02. The molecule has 0 aliphatic heterocycles. The van der Waals surface area contributed by atoms with Crippen molar-refractivity contribution in [2.24, 2.45) is 0 Å². The molecule has 0 heterocycles. The first kappa shape index (κ1) is 10.9. The smallest absolute Gasteiger partial charge is 0.0669 e. The fourth-order valence-corrected chi connectivity index (χ4v) is 1.31. The highest BCUT2D eigenvalue weighted by Crippen LogP contribution is 2.25. The summed E-state index contributed by atoms with van der Waals surface area (Å²) in [5.74, 6) is 0. The molecule has 0 amide bonds. The highest BCUT2D eigenvalue weighted by molar-refractivity contribution is 4.82. The molecule has 0 atom stereocenters. The van der Waals surface area contributed by atoms with Gasteiger partial charge in [-0.1, -0.05) is 13.8 Å². The Labute approximate surface area is 69.2 Å². The summed E-state index contributed by atoms with van der Waals surface area (Å²) >= 11 is 0. The van der Waals surface area contributed by atoms with Gasteiger partial charge in [0.05, 0.1) is 11.2 Å². The number of rotatable bonds is 4. The van der Waals surface area contributed by atoms with Gasteiger partial charge in [0.15, 0.2) is 0 Å². The molecule has 0 spiro atoms. The molecule has 0 aliphatic carbocycles. The molecule has 0 unspecified atom stereocenters. The Morgan fingerprint density at radius 1 is 1.00 bits per heavy atom. The Morgan fingerprint density at radius 2 is 1.36 bits per heavy atom. The molecular formula is C9H20O2. The fourth-order valence-electron chi connectivity index (χ4n) is 1.31. The van der Waals surface area contributed by atoms with E-state index in [0.717, 1.165) is 0 Å². The monoisotopic (exact) mass is 160 g/mol. The van der Waals surface area contributed by atoms with Crippen molar-refractivity contribution < 1.29 is 10.2 Å². The van der Waals surface area contributed by atoms with Gasteiger partial charge in [-0.25, -0.2) is 0 Å². The first-order chi connectivity index (χ1) is 4.83. The highest BCUT2D eigenvalue weighted by atomic mass is 16.3. The molecule has 0 radical (unpaired) electrons. The minimum atomic E-state index is -0.763. The summed E-state index contributed by atoms with van der Waals surface area (Å²) < 4.78 is 0. The molecule has 0 saturated heterocycles. The van der Waals surface area contributed by atoms with Gasteiger partial charge in [0, 0.05) is 6.42 Å². The van der Waals surface area contributed by atoms with Crippen molar-refractivity contribution in [3.63, 3.8) is 0 Å². The Balaban J connectivity index is 4.08. The van der Waals surface area contributed by atoms with Crippen molar-refractivity contribution in [3.05, 3.63) is 0 Å². The van der Waals surface area contributed by atoms with E-state index in [1.165, 1.54) is 0 Å². The average Bonchev–Trinajstić information content (AvgIpc) is 1.84. The van der Waals surface area contributed by atoms with Gasteiger partial charge in [-0.2, -0.15) is 0 Å². The molecule has 11 heavy (non-hydrogen) atoms. The van der Waals surface area contributed by atoms with Crippen LogP contribution in [0.1, 0.15) is 47.0 Å². The third-order valence-corrected chi connectivity index (χ3v) is 2.08. The van der Waals surface area contributed by atoms with Gasteiger partial charge in [0.25, 0.3) is 0 Å². The first-order valence-corrected chi connectivity index (χ1v) is 4.28. The maximum absolute atomic E-state index is 9.80. The zero-order valence-corrected chi connectivity index (χ0v) is 8.02. The van der Waals surface area contributed by atoms with Crippen LogP contribution in [0.5, 0.6) is 0 Å². The van der Waals surface area contributed by atoms with Crippen LogP contribution in [-0.2, 0) is 0 Å². The zero-order chi connectivity index (χ0) is 9.12. The SMILES string of the molecule is CCC(O)(CC)CC(C)(C)O. The molecule has 0 aromatic rings. The molecule has 0 aliphatic rings. The van der Waals surface area contributed by atoms with Crippen LogP contribution < -0.4 is 0 Å². The number of hydrogen-bond acceptors (Lipinski definition) is 2. The molecule has 2 heteroatoms. The van der Waals surface area contributed by atoms with E-state index in [0.29, 0.717) is 19.3 Å². The van der Waals surface area contributed by atoms with E-state index in [2.05, 4.69) is 0 Å². The second-order valence-corrected chi connectivity index (χ2v) is 3.92. The molecule has 68 valence electrons. The molecule has 0 rings (SSSR count). The third kappa shape index (κ3) is 4.38. The van der Waals surface area contributed by atoms with E-state index in [-0.39, 0.29) is 0 Å². The second kappa shape index (κ2) is 3.55. The van der Waals surface area contributed by atoms with Gasteiger partial charge >= 0.3 is 0 Å². The van der Waals surface area contributed by atoms with Crippen LogP contribution in [0.2, 0.25) is 0 Å². The summed E-state index contributed by atoms with van der Waals surface area (Å²) in [6.07, 6.45) is 1.86. The van der Waals surface area contributed by atoms with Gasteiger partial charge in [0.2, 0.25) is 0 Å². The highest BCUT2D eigenvalue weighted by Gasteiger charge is 2.29. The minimum Gasteiger partial charge on any atom is -0.390 e. The van der Waals surface area contributed by atoms with Crippen LogP contribution in [0.4, 0.5) is 0 Å². The summed E-state index contributed by atoms with van der Waals surface area (Å²) in [6.45, 7) is 7.33. The van der Waals surface area contributed by atoms with E-state index in [9.17, 15) is 10.2 Å². The number of hydrogen-bond donors (Lipinski definition) is 2. The van der Waals surface area contributed by atoms with E-state index < -0.39 is 11.2 Å². The van der Waals surface area contributed by atoms with Gasteiger partial charge in [-0.3, -0.25) is 0 Å². The van der Waals surface area contributed by atoms with E-state index in [1.54, 1.807) is 13.8 Å².